The predicted octanol–water partition coefficient (Wildman–Crippen LogP) is 1.26. The molecule has 1 aliphatic carbocycles. The topological polar surface area (TPSA) is 101 Å². The third-order valence-electron chi connectivity index (χ3n) is 6.69. The van der Waals surface area contributed by atoms with Crippen molar-refractivity contribution in [2.24, 2.45) is 5.92 Å². The zero-order chi connectivity index (χ0) is 23.5. The number of sulfonamides is 1. The number of nitrogens with zero attached hydrogens (tertiary/aromatic N) is 2. The molecule has 2 atom stereocenters. The lowest BCUT2D eigenvalue weighted by molar-refractivity contribution is -0.161. The monoisotopic (exact) mass is 503 g/mol. The second-order valence-electron chi connectivity index (χ2n) is 9.12. The lowest BCUT2D eigenvalue weighted by atomic mass is 9.94. The predicted molar refractivity (Wildman–Crippen MR) is 125 cm³/mol. The Labute approximate surface area is 201 Å². The average molecular weight is 504 g/mol. The number of aliphatic hydroxyl groups is 1. The van der Waals surface area contributed by atoms with Gasteiger partial charge in [0.25, 0.3) is 0 Å². The number of benzene rings is 1. The van der Waals surface area contributed by atoms with E-state index in [4.69, 9.17) is 25.8 Å². The van der Waals surface area contributed by atoms with Crippen molar-refractivity contribution < 1.29 is 27.7 Å². The van der Waals surface area contributed by atoms with Gasteiger partial charge in [0.1, 0.15) is 4.90 Å². The van der Waals surface area contributed by atoms with Crippen molar-refractivity contribution in [2.75, 3.05) is 78.2 Å². The van der Waals surface area contributed by atoms with E-state index in [1.807, 2.05) is 0 Å². The second-order valence-corrected chi connectivity index (χ2v) is 11.4. The number of nitrogens with one attached hydrogen (secondary N) is 1. The van der Waals surface area contributed by atoms with Crippen molar-refractivity contribution in [3.05, 3.63) is 23.2 Å². The third kappa shape index (κ3) is 5.65. The van der Waals surface area contributed by atoms with Crippen molar-refractivity contribution >= 4 is 27.3 Å². The van der Waals surface area contributed by atoms with Gasteiger partial charge in [-0.1, -0.05) is 11.6 Å². The molecular formula is C22H34ClN3O6S. The SMILES string of the molecule is COCCN(CC1CC1)S(=O)(=O)c1ccc(NCC2(CO)COCC3COCCN32)cc1Cl. The highest BCUT2D eigenvalue weighted by atomic mass is 35.5. The molecule has 0 bridgehead atoms. The number of rotatable bonds is 11. The van der Waals surface area contributed by atoms with Crippen LogP contribution in [0.1, 0.15) is 12.8 Å². The lowest BCUT2D eigenvalue weighted by Gasteiger charge is -2.52. The molecule has 0 aromatic heterocycles. The van der Waals surface area contributed by atoms with E-state index in [1.165, 1.54) is 4.31 Å². The Balaban J connectivity index is 1.47. The van der Waals surface area contributed by atoms with Gasteiger partial charge in [-0.05, 0) is 37.0 Å². The largest absolute Gasteiger partial charge is 0.394 e. The molecule has 11 heteroatoms. The van der Waals surface area contributed by atoms with E-state index < -0.39 is 15.6 Å². The van der Waals surface area contributed by atoms with Gasteiger partial charge in [-0.3, -0.25) is 4.90 Å². The normalized spacial score (nSPS) is 26.4. The molecule has 186 valence electrons. The van der Waals surface area contributed by atoms with Crippen LogP contribution in [0.3, 0.4) is 0 Å². The van der Waals surface area contributed by atoms with Crippen LogP contribution in [0.25, 0.3) is 0 Å². The van der Waals surface area contributed by atoms with Crippen LogP contribution in [-0.2, 0) is 24.2 Å². The summed E-state index contributed by atoms with van der Waals surface area (Å²) >= 11 is 6.47. The summed E-state index contributed by atoms with van der Waals surface area (Å²) in [5.41, 5.74) is 0.110. The smallest absolute Gasteiger partial charge is 0.244 e. The minimum absolute atomic E-state index is 0.0632. The van der Waals surface area contributed by atoms with Crippen LogP contribution in [0, 0.1) is 5.92 Å². The number of morpholine rings is 2. The van der Waals surface area contributed by atoms with E-state index in [1.54, 1.807) is 25.3 Å². The summed E-state index contributed by atoms with van der Waals surface area (Å²) in [7, 11) is -2.17. The Morgan fingerprint density at radius 2 is 2.12 bits per heavy atom. The minimum Gasteiger partial charge on any atom is -0.394 e. The molecular weight excluding hydrogens is 470 g/mol. The first-order chi connectivity index (χ1) is 15.9. The van der Waals surface area contributed by atoms with Crippen molar-refractivity contribution in [1.82, 2.24) is 9.21 Å². The summed E-state index contributed by atoms with van der Waals surface area (Å²) in [5.74, 6) is 0.410. The molecule has 4 rings (SSSR count). The number of halogens is 1. The molecule has 1 aromatic carbocycles. The fourth-order valence-corrected chi connectivity index (χ4v) is 6.57. The van der Waals surface area contributed by atoms with Gasteiger partial charge in [0, 0.05) is 39.0 Å². The molecule has 2 aliphatic heterocycles. The molecule has 1 saturated carbocycles. The van der Waals surface area contributed by atoms with Crippen LogP contribution < -0.4 is 5.32 Å². The molecule has 2 saturated heterocycles. The van der Waals surface area contributed by atoms with Crippen molar-refractivity contribution in [1.29, 1.82) is 0 Å². The van der Waals surface area contributed by atoms with Gasteiger partial charge < -0.3 is 24.6 Å². The number of fused-ring (bicyclic) bond motifs is 1. The van der Waals surface area contributed by atoms with E-state index in [9.17, 15) is 13.5 Å². The standard InChI is InChI=1S/C22H34ClN3O6S/c1-30-8-6-25(11-17-2-3-17)33(28,29)21-5-4-18(10-20(21)23)24-14-22(15-27)16-32-13-19-12-31-9-7-26(19)22/h4-5,10,17,19,24,27H,2-3,6-9,11-16H2,1H3. The summed E-state index contributed by atoms with van der Waals surface area (Å²) in [4.78, 5) is 2.36. The molecule has 0 amide bonds. The highest BCUT2D eigenvalue weighted by Crippen LogP contribution is 2.34. The van der Waals surface area contributed by atoms with E-state index in [0.717, 1.165) is 19.4 Å². The van der Waals surface area contributed by atoms with Crippen LogP contribution in [0.15, 0.2) is 23.1 Å². The number of aliphatic hydroxyl groups excluding tert-OH is 1. The molecule has 3 aliphatic rings. The Hall–Kier alpha value is -0.980. The van der Waals surface area contributed by atoms with E-state index in [0.29, 0.717) is 64.3 Å². The molecule has 3 fully saturated rings. The van der Waals surface area contributed by atoms with Gasteiger partial charge in [0.05, 0.1) is 56.2 Å². The number of hydrogen-bond acceptors (Lipinski definition) is 8. The van der Waals surface area contributed by atoms with Gasteiger partial charge >= 0.3 is 0 Å². The van der Waals surface area contributed by atoms with Crippen LogP contribution in [-0.4, -0.2) is 107 Å². The molecule has 9 nitrogen and oxygen atoms in total. The van der Waals surface area contributed by atoms with Crippen molar-refractivity contribution in [3.63, 3.8) is 0 Å². The zero-order valence-electron chi connectivity index (χ0n) is 19.0. The Bertz CT molecular complexity index is 913. The fraction of sp³-hybridized carbons (Fsp3) is 0.727. The van der Waals surface area contributed by atoms with Crippen LogP contribution in [0.2, 0.25) is 5.02 Å². The molecule has 0 spiro atoms. The Kier molecular flexibility index (Phi) is 8.18. The van der Waals surface area contributed by atoms with Crippen molar-refractivity contribution in [3.8, 4) is 0 Å². The molecule has 0 radical (unpaired) electrons. The first-order valence-electron chi connectivity index (χ1n) is 11.5. The number of methoxy groups -OCH3 is 1. The van der Waals surface area contributed by atoms with E-state index >= 15 is 0 Å². The summed E-state index contributed by atoms with van der Waals surface area (Å²) in [6.07, 6.45) is 2.10. The summed E-state index contributed by atoms with van der Waals surface area (Å²) in [6, 6.07) is 5.01. The fourth-order valence-electron chi connectivity index (χ4n) is 4.55. The van der Waals surface area contributed by atoms with E-state index in [2.05, 4.69) is 10.2 Å². The van der Waals surface area contributed by atoms with Gasteiger partial charge in [-0.15, -0.1) is 0 Å². The van der Waals surface area contributed by atoms with Crippen LogP contribution >= 0.6 is 11.6 Å². The Morgan fingerprint density at radius 1 is 1.33 bits per heavy atom. The Morgan fingerprint density at radius 3 is 2.82 bits per heavy atom. The van der Waals surface area contributed by atoms with E-state index in [-0.39, 0.29) is 22.6 Å². The third-order valence-corrected chi connectivity index (χ3v) is 9.03. The first-order valence-corrected chi connectivity index (χ1v) is 13.3. The van der Waals surface area contributed by atoms with Gasteiger partial charge in [-0.2, -0.15) is 4.31 Å². The highest BCUT2D eigenvalue weighted by Gasteiger charge is 2.45. The summed E-state index contributed by atoms with van der Waals surface area (Å²) < 4.78 is 44.5. The maximum absolute atomic E-state index is 13.3. The summed E-state index contributed by atoms with van der Waals surface area (Å²) in [6.45, 7) is 4.41. The van der Waals surface area contributed by atoms with Gasteiger partial charge in [0.15, 0.2) is 0 Å². The van der Waals surface area contributed by atoms with Crippen LogP contribution in [0.4, 0.5) is 5.69 Å². The summed E-state index contributed by atoms with van der Waals surface area (Å²) in [5, 5.41) is 13.7. The van der Waals surface area contributed by atoms with Gasteiger partial charge in [-0.25, -0.2) is 8.42 Å². The molecule has 2 N–H and O–H groups in total. The highest BCUT2D eigenvalue weighted by molar-refractivity contribution is 7.89. The number of ether oxygens (including phenoxy) is 3. The van der Waals surface area contributed by atoms with Crippen LogP contribution in [0.5, 0.6) is 0 Å². The first kappa shape index (κ1) is 25.1. The van der Waals surface area contributed by atoms with Crippen molar-refractivity contribution in [2.45, 2.75) is 29.3 Å². The number of hydrogen-bond donors (Lipinski definition) is 2. The second kappa shape index (κ2) is 10.7. The zero-order valence-corrected chi connectivity index (χ0v) is 20.6. The molecule has 2 heterocycles. The maximum Gasteiger partial charge on any atom is 0.244 e. The number of anilines is 1. The molecule has 2 unspecified atom stereocenters. The van der Waals surface area contributed by atoms with Gasteiger partial charge in [0.2, 0.25) is 10.0 Å². The minimum atomic E-state index is -3.73. The average Bonchev–Trinajstić information content (AvgIpc) is 3.64. The molecule has 33 heavy (non-hydrogen) atoms. The maximum atomic E-state index is 13.3. The lowest BCUT2D eigenvalue weighted by Crippen LogP contribution is -2.69. The molecule has 1 aromatic rings. The quantitative estimate of drug-likeness (QED) is 0.465.